The zero-order chi connectivity index (χ0) is 27.4. The Morgan fingerprint density at radius 1 is 1.03 bits per heavy atom. The van der Waals surface area contributed by atoms with Crippen LogP contribution >= 0.6 is 11.6 Å². The Morgan fingerprint density at radius 3 is 2.45 bits per heavy atom. The third-order valence-electron chi connectivity index (χ3n) is 5.72. The van der Waals surface area contributed by atoms with E-state index in [1.165, 1.54) is 12.1 Å². The number of rotatable bonds is 8. The van der Waals surface area contributed by atoms with Crippen LogP contribution in [0.25, 0.3) is 10.8 Å². The van der Waals surface area contributed by atoms with Gasteiger partial charge >= 0.3 is 0 Å². The predicted molar refractivity (Wildman–Crippen MR) is 146 cm³/mol. The molecule has 4 aromatic rings. The van der Waals surface area contributed by atoms with Gasteiger partial charge in [-0.3, -0.25) is 9.35 Å². The molecule has 3 N–H and O–H groups in total. The number of carbonyl (C=O) groups is 1. The summed E-state index contributed by atoms with van der Waals surface area (Å²) in [4.78, 5) is 12.8. The van der Waals surface area contributed by atoms with Crippen molar-refractivity contribution < 1.29 is 27.6 Å². The van der Waals surface area contributed by atoms with Crippen LogP contribution in [0.15, 0.2) is 81.9 Å². The van der Waals surface area contributed by atoms with Crippen LogP contribution in [0.1, 0.15) is 29.8 Å². The molecule has 38 heavy (non-hydrogen) atoms. The quantitative estimate of drug-likeness (QED) is 0.157. The number of fused-ring (bicyclic) bond motifs is 1. The Balaban J connectivity index is 1.80. The maximum atomic E-state index is 13.2. The van der Waals surface area contributed by atoms with E-state index in [2.05, 4.69) is 15.5 Å². The number of carbonyl (C=O) groups excluding carboxylic acids is 1. The van der Waals surface area contributed by atoms with Gasteiger partial charge in [0.15, 0.2) is 5.75 Å². The summed E-state index contributed by atoms with van der Waals surface area (Å²) in [5.41, 5.74) is 1.16. The van der Waals surface area contributed by atoms with Crippen LogP contribution in [-0.2, 0) is 16.5 Å². The Morgan fingerprint density at radius 2 is 1.74 bits per heavy atom. The first-order valence-corrected chi connectivity index (χ1v) is 13.4. The molecule has 0 aliphatic rings. The largest absolute Gasteiger partial charge is 0.505 e. The Labute approximate surface area is 224 Å². The van der Waals surface area contributed by atoms with Crippen molar-refractivity contribution in [3.05, 3.63) is 82.9 Å². The van der Waals surface area contributed by atoms with Crippen molar-refractivity contribution in [2.24, 2.45) is 10.2 Å². The lowest BCUT2D eigenvalue weighted by Gasteiger charge is -2.13. The maximum Gasteiger partial charge on any atom is 0.296 e. The van der Waals surface area contributed by atoms with Crippen molar-refractivity contribution >= 4 is 55.5 Å². The molecule has 0 saturated heterocycles. The van der Waals surface area contributed by atoms with E-state index in [0.29, 0.717) is 40.8 Å². The molecule has 0 spiro atoms. The summed E-state index contributed by atoms with van der Waals surface area (Å²) >= 11 is 6.08. The number of azo groups is 1. The van der Waals surface area contributed by atoms with Crippen LogP contribution < -0.4 is 10.1 Å². The molecule has 196 valence electrons. The molecule has 4 aromatic carbocycles. The van der Waals surface area contributed by atoms with Crippen LogP contribution in [0.3, 0.4) is 0 Å². The third kappa shape index (κ3) is 5.62. The lowest BCUT2D eigenvalue weighted by Crippen LogP contribution is -2.13. The molecular formula is C27H24ClN3O6S. The lowest BCUT2D eigenvalue weighted by atomic mass is 10.0. The fourth-order valence-electron chi connectivity index (χ4n) is 3.90. The number of benzene rings is 4. The number of aromatic hydroxyl groups is 1. The number of nitrogens with one attached hydrogen (secondary N) is 1. The second kappa shape index (κ2) is 11.2. The summed E-state index contributed by atoms with van der Waals surface area (Å²) in [7, 11) is -4.53. The molecule has 4 rings (SSSR count). The number of anilines is 1. The Hall–Kier alpha value is -3.99. The molecule has 0 aliphatic heterocycles. The average Bonchev–Trinajstić information content (AvgIpc) is 2.88. The van der Waals surface area contributed by atoms with Gasteiger partial charge in [0, 0.05) is 5.39 Å². The van der Waals surface area contributed by atoms with Gasteiger partial charge in [-0.05, 0) is 54.6 Å². The molecule has 0 heterocycles. The first kappa shape index (κ1) is 27.1. The number of phenols is 1. The van der Waals surface area contributed by atoms with Gasteiger partial charge in [-0.2, -0.15) is 13.5 Å². The SMILES string of the molecule is CCOc1ccccc1NC(=O)c1cc2ccccc2c(N=Nc2cc(Cl)c(S(=O)(=O)O)cc2CC)c1O. The highest BCUT2D eigenvalue weighted by molar-refractivity contribution is 7.86. The number of halogens is 1. The van der Waals surface area contributed by atoms with E-state index in [1.807, 2.05) is 6.92 Å². The van der Waals surface area contributed by atoms with Gasteiger partial charge in [0.1, 0.15) is 16.3 Å². The average molecular weight is 554 g/mol. The molecule has 0 radical (unpaired) electrons. The zero-order valence-electron chi connectivity index (χ0n) is 20.5. The second-order valence-electron chi connectivity index (χ2n) is 8.17. The summed E-state index contributed by atoms with van der Waals surface area (Å²) in [5, 5.41) is 23.3. The van der Waals surface area contributed by atoms with Crippen molar-refractivity contribution in [2.75, 3.05) is 11.9 Å². The van der Waals surface area contributed by atoms with Gasteiger partial charge in [-0.15, -0.1) is 5.11 Å². The van der Waals surface area contributed by atoms with Crippen LogP contribution in [0.4, 0.5) is 17.1 Å². The molecule has 1 amide bonds. The van der Waals surface area contributed by atoms with Gasteiger partial charge in [0.2, 0.25) is 0 Å². The smallest absolute Gasteiger partial charge is 0.296 e. The molecule has 11 heteroatoms. The van der Waals surface area contributed by atoms with E-state index in [0.717, 1.165) is 0 Å². The van der Waals surface area contributed by atoms with Crippen LogP contribution in [-0.4, -0.2) is 30.6 Å². The molecular weight excluding hydrogens is 530 g/mol. The number of hydrogen-bond donors (Lipinski definition) is 3. The molecule has 0 fully saturated rings. The fraction of sp³-hybridized carbons (Fsp3) is 0.148. The normalized spacial score (nSPS) is 11.7. The highest BCUT2D eigenvalue weighted by Crippen LogP contribution is 2.41. The number of hydrogen-bond acceptors (Lipinski definition) is 7. The van der Waals surface area contributed by atoms with Crippen LogP contribution in [0.2, 0.25) is 5.02 Å². The van der Waals surface area contributed by atoms with E-state index < -0.39 is 26.7 Å². The predicted octanol–water partition coefficient (Wildman–Crippen LogP) is 7.07. The summed E-state index contributed by atoms with van der Waals surface area (Å²) in [6, 6.07) is 18.0. The minimum absolute atomic E-state index is 0.0283. The zero-order valence-corrected chi connectivity index (χ0v) is 22.0. The second-order valence-corrected chi connectivity index (χ2v) is 9.96. The molecule has 9 nitrogen and oxygen atoms in total. The van der Waals surface area contributed by atoms with Crippen molar-refractivity contribution in [1.29, 1.82) is 0 Å². The molecule has 0 aromatic heterocycles. The molecule has 0 atom stereocenters. The van der Waals surface area contributed by atoms with E-state index >= 15 is 0 Å². The third-order valence-corrected chi connectivity index (χ3v) is 7.04. The van der Waals surface area contributed by atoms with E-state index in [9.17, 15) is 22.9 Å². The summed E-state index contributed by atoms with van der Waals surface area (Å²) < 4.78 is 38.3. The summed E-state index contributed by atoms with van der Waals surface area (Å²) in [5.74, 6) is -0.481. The van der Waals surface area contributed by atoms with Crippen molar-refractivity contribution in [3.8, 4) is 11.5 Å². The van der Waals surface area contributed by atoms with Gasteiger partial charge < -0.3 is 15.2 Å². The minimum atomic E-state index is -4.53. The summed E-state index contributed by atoms with van der Waals surface area (Å²) in [6.07, 6.45) is 0.364. The molecule has 0 saturated carbocycles. The highest BCUT2D eigenvalue weighted by Gasteiger charge is 2.21. The number of aryl methyl sites for hydroxylation is 1. The minimum Gasteiger partial charge on any atom is -0.505 e. The van der Waals surface area contributed by atoms with Crippen LogP contribution in [0.5, 0.6) is 11.5 Å². The molecule has 0 bridgehead atoms. The molecule has 0 aliphatic carbocycles. The number of phenolic OH excluding ortho intramolecular Hbond substituents is 1. The highest BCUT2D eigenvalue weighted by atomic mass is 35.5. The number of amides is 1. The standard InChI is InChI=1S/C27H24ClN3O6S/c1-3-16-14-24(38(34,35)36)20(28)15-22(16)30-31-25-18-10-6-5-9-17(18)13-19(26(25)32)27(33)29-21-11-7-8-12-23(21)37-4-2/h5-15,32H,3-4H2,1-2H3,(H,29,33)(H,34,35,36). The Bertz CT molecular complexity index is 1670. The topological polar surface area (TPSA) is 138 Å². The van der Waals surface area contributed by atoms with Crippen LogP contribution in [0, 0.1) is 0 Å². The summed E-state index contributed by atoms with van der Waals surface area (Å²) in [6.45, 7) is 4.01. The number of ether oxygens (including phenoxy) is 1. The lowest BCUT2D eigenvalue weighted by molar-refractivity contribution is 0.102. The first-order valence-electron chi connectivity index (χ1n) is 11.6. The van der Waals surface area contributed by atoms with Crippen molar-refractivity contribution in [3.63, 3.8) is 0 Å². The van der Waals surface area contributed by atoms with E-state index in [4.69, 9.17) is 16.3 Å². The Kier molecular flexibility index (Phi) is 7.96. The van der Waals surface area contributed by atoms with Crippen molar-refractivity contribution in [2.45, 2.75) is 25.2 Å². The molecule has 0 unspecified atom stereocenters. The van der Waals surface area contributed by atoms with Gasteiger partial charge in [0.05, 0.1) is 28.6 Å². The monoisotopic (exact) mass is 553 g/mol. The van der Waals surface area contributed by atoms with E-state index in [-0.39, 0.29) is 22.0 Å². The first-order chi connectivity index (χ1) is 18.1. The van der Waals surface area contributed by atoms with Gasteiger partial charge in [-0.25, -0.2) is 0 Å². The number of nitrogens with zero attached hydrogens (tertiary/aromatic N) is 2. The van der Waals surface area contributed by atoms with E-state index in [1.54, 1.807) is 61.5 Å². The number of para-hydroxylation sites is 2. The van der Waals surface area contributed by atoms with Gasteiger partial charge in [-0.1, -0.05) is 54.9 Å². The fourth-order valence-corrected chi connectivity index (χ4v) is 4.94. The van der Waals surface area contributed by atoms with Gasteiger partial charge in [0.25, 0.3) is 16.0 Å². The maximum absolute atomic E-state index is 13.2. The van der Waals surface area contributed by atoms with Crippen molar-refractivity contribution in [1.82, 2.24) is 0 Å².